The average Bonchev–Trinajstić information content (AvgIpc) is 2.62. The summed E-state index contributed by atoms with van der Waals surface area (Å²) in [6.45, 7) is 9.93. The van der Waals surface area contributed by atoms with Gasteiger partial charge in [0.15, 0.2) is 0 Å². The summed E-state index contributed by atoms with van der Waals surface area (Å²) in [5.41, 5.74) is 0. The zero-order valence-corrected chi connectivity index (χ0v) is 12.4. The molecule has 0 nitrogen and oxygen atoms in total. The first-order valence-corrected chi connectivity index (χ1v) is 8.09. The molecule has 0 heterocycles. The van der Waals surface area contributed by atoms with Gasteiger partial charge in [-0.15, -0.1) is 0 Å². The summed E-state index contributed by atoms with van der Waals surface area (Å²) in [7, 11) is 0. The van der Waals surface area contributed by atoms with E-state index in [1.54, 1.807) is 0 Å². The van der Waals surface area contributed by atoms with Crippen molar-refractivity contribution in [1.29, 1.82) is 0 Å². The Bertz CT molecular complexity index is 232. The van der Waals surface area contributed by atoms with Gasteiger partial charge >= 0.3 is 0 Å². The van der Waals surface area contributed by atoms with Gasteiger partial charge < -0.3 is 0 Å². The van der Waals surface area contributed by atoms with E-state index < -0.39 is 0 Å². The van der Waals surface area contributed by atoms with Crippen molar-refractivity contribution < 1.29 is 0 Å². The Labute approximate surface area is 109 Å². The Morgan fingerprint density at radius 1 is 0.588 bits per heavy atom. The van der Waals surface area contributed by atoms with E-state index in [1.807, 2.05) is 0 Å². The lowest BCUT2D eigenvalue weighted by atomic mass is 9.73. The van der Waals surface area contributed by atoms with Gasteiger partial charge in [0.1, 0.15) is 0 Å². The second kappa shape index (κ2) is 5.76. The lowest BCUT2D eigenvalue weighted by Gasteiger charge is -2.33. The molecule has 2 saturated carbocycles. The molecule has 17 heavy (non-hydrogen) atoms. The number of hydrogen-bond donors (Lipinski definition) is 0. The first kappa shape index (κ1) is 13.4. The van der Waals surface area contributed by atoms with Crippen LogP contribution in [0, 0.1) is 35.5 Å². The Morgan fingerprint density at radius 3 is 1.88 bits per heavy atom. The van der Waals surface area contributed by atoms with Gasteiger partial charge in [0.2, 0.25) is 0 Å². The summed E-state index contributed by atoms with van der Waals surface area (Å²) in [6.07, 6.45) is 10.5. The van der Waals surface area contributed by atoms with E-state index in [9.17, 15) is 0 Å². The summed E-state index contributed by atoms with van der Waals surface area (Å²) in [6, 6.07) is 0. The molecular formula is C17H32. The van der Waals surface area contributed by atoms with Crippen LogP contribution in [0.5, 0.6) is 0 Å². The zero-order chi connectivity index (χ0) is 12.4. The molecule has 0 aromatic carbocycles. The predicted octanol–water partition coefficient (Wildman–Crippen LogP) is 5.52. The fourth-order valence-corrected chi connectivity index (χ4v) is 4.39. The van der Waals surface area contributed by atoms with Gasteiger partial charge in [0, 0.05) is 0 Å². The molecule has 2 aliphatic rings. The Balaban J connectivity index is 1.92. The Morgan fingerprint density at radius 2 is 1.24 bits per heavy atom. The molecule has 0 bridgehead atoms. The van der Waals surface area contributed by atoms with E-state index in [-0.39, 0.29) is 0 Å². The molecule has 6 unspecified atom stereocenters. The van der Waals surface area contributed by atoms with Crippen LogP contribution in [0.15, 0.2) is 0 Å². The summed E-state index contributed by atoms with van der Waals surface area (Å²) >= 11 is 0. The first-order valence-electron chi connectivity index (χ1n) is 8.09. The highest BCUT2D eigenvalue weighted by Gasteiger charge is 2.35. The van der Waals surface area contributed by atoms with Crippen molar-refractivity contribution in [3.05, 3.63) is 0 Å². The third-order valence-electron chi connectivity index (χ3n) is 6.33. The molecule has 0 spiro atoms. The molecule has 0 aromatic rings. The van der Waals surface area contributed by atoms with Gasteiger partial charge in [-0.25, -0.2) is 0 Å². The lowest BCUT2D eigenvalue weighted by molar-refractivity contribution is 0.177. The van der Waals surface area contributed by atoms with Crippen molar-refractivity contribution in [3.8, 4) is 0 Å². The Hall–Kier alpha value is 0. The molecular weight excluding hydrogens is 204 g/mol. The third-order valence-corrected chi connectivity index (χ3v) is 6.33. The van der Waals surface area contributed by atoms with Gasteiger partial charge in [-0.05, 0) is 48.3 Å². The second-order valence-electron chi connectivity index (χ2n) is 7.30. The molecule has 100 valence electrons. The van der Waals surface area contributed by atoms with Crippen molar-refractivity contribution in [2.45, 2.75) is 72.6 Å². The van der Waals surface area contributed by atoms with Gasteiger partial charge in [0.05, 0.1) is 0 Å². The van der Waals surface area contributed by atoms with Gasteiger partial charge in [0.25, 0.3) is 0 Å². The van der Waals surface area contributed by atoms with Crippen LogP contribution in [-0.4, -0.2) is 0 Å². The summed E-state index contributed by atoms with van der Waals surface area (Å²) in [5.74, 6) is 6.03. The first-order chi connectivity index (χ1) is 8.09. The molecule has 2 fully saturated rings. The minimum Gasteiger partial charge on any atom is -0.0623 e. The van der Waals surface area contributed by atoms with Crippen LogP contribution >= 0.6 is 0 Å². The van der Waals surface area contributed by atoms with E-state index in [4.69, 9.17) is 0 Å². The van der Waals surface area contributed by atoms with Crippen molar-refractivity contribution >= 4 is 0 Å². The normalized spacial score (nSPS) is 48.7. The predicted molar refractivity (Wildman–Crippen MR) is 76.0 cm³/mol. The van der Waals surface area contributed by atoms with Crippen LogP contribution in [0.3, 0.4) is 0 Å². The molecule has 0 radical (unpaired) electrons. The van der Waals surface area contributed by atoms with Gasteiger partial charge in [-0.3, -0.25) is 0 Å². The largest absolute Gasteiger partial charge is 0.0623 e. The monoisotopic (exact) mass is 236 g/mol. The lowest BCUT2D eigenvalue weighted by Crippen LogP contribution is -2.23. The van der Waals surface area contributed by atoms with Crippen LogP contribution in [0.25, 0.3) is 0 Å². The van der Waals surface area contributed by atoms with E-state index in [2.05, 4.69) is 27.7 Å². The minimum absolute atomic E-state index is 0.965. The number of hydrogen-bond acceptors (Lipinski definition) is 0. The van der Waals surface area contributed by atoms with Gasteiger partial charge in [-0.1, -0.05) is 59.8 Å². The summed E-state index contributed by atoms with van der Waals surface area (Å²) in [4.78, 5) is 0. The molecule has 0 aliphatic heterocycles. The fourth-order valence-electron chi connectivity index (χ4n) is 4.39. The smallest absolute Gasteiger partial charge is 0.0357 e. The topological polar surface area (TPSA) is 0 Å². The molecule has 2 rings (SSSR count). The van der Waals surface area contributed by atoms with E-state index in [0.29, 0.717) is 0 Å². The van der Waals surface area contributed by atoms with E-state index in [0.717, 1.165) is 35.5 Å². The maximum atomic E-state index is 2.52. The van der Waals surface area contributed by atoms with Gasteiger partial charge in [-0.2, -0.15) is 0 Å². The SMILES string of the molecule is CC1CCCC(C2CCC(C)C2C)CCC1C. The molecule has 6 atom stereocenters. The summed E-state index contributed by atoms with van der Waals surface area (Å²) in [5, 5.41) is 0. The molecule has 0 N–H and O–H groups in total. The highest BCUT2D eigenvalue weighted by Crippen LogP contribution is 2.45. The maximum Gasteiger partial charge on any atom is -0.0357 e. The molecule has 2 aliphatic carbocycles. The molecule has 0 aromatic heterocycles. The summed E-state index contributed by atoms with van der Waals surface area (Å²) < 4.78 is 0. The maximum absolute atomic E-state index is 2.52. The van der Waals surface area contributed by atoms with Crippen molar-refractivity contribution in [2.24, 2.45) is 35.5 Å². The van der Waals surface area contributed by atoms with Crippen molar-refractivity contribution in [2.75, 3.05) is 0 Å². The fraction of sp³-hybridized carbons (Fsp3) is 1.00. The second-order valence-corrected chi connectivity index (χ2v) is 7.30. The molecule has 0 saturated heterocycles. The number of rotatable bonds is 1. The molecule has 0 amide bonds. The van der Waals surface area contributed by atoms with E-state index in [1.165, 1.54) is 44.9 Å². The van der Waals surface area contributed by atoms with Crippen LogP contribution in [0.4, 0.5) is 0 Å². The molecule has 0 heteroatoms. The van der Waals surface area contributed by atoms with Crippen molar-refractivity contribution in [1.82, 2.24) is 0 Å². The third kappa shape index (κ3) is 3.06. The zero-order valence-electron chi connectivity index (χ0n) is 12.4. The van der Waals surface area contributed by atoms with Crippen LogP contribution < -0.4 is 0 Å². The minimum atomic E-state index is 0.965. The Kier molecular flexibility index (Phi) is 4.55. The highest BCUT2D eigenvalue weighted by atomic mass is 14.4. The van der Waals surface area contributed by atoms with E-state index >= 15 is 0 Å². The van der Waals surface area contributed by atoms with Crippen molar-refractivity contribution in [3.63, 3.8) is 0 Å². The average molecular weight is 236 g/mol. The standard InChI is InChI=1S/C17H32/c1-12-6-5-7-16(10-8-13(12)2)17-11-9-14(3)15(17)4/h12-17H,5-11H2,1-4H3. The van der Waals surface area contributed by atoms with Crippen LogP contribution in [0.2, 0.25) is 0 Å². The van der Waals surface area contributed by atoms with Crippen LogP contribution in [0.1, 0.15) is 72.6 Å². The highest BCUT2D eigenvalue weighted by molar-refractivity contribution is 4.85. The van der Waals surface area contributed by atoms with Crippen LogP contribution in [-0.2, 0) is 0 Å². The quantitative estimate of drug-likeness (QED) is 0.562.